The van der Waals surface area contributed by atoms with Crippen molar-refractivity contribution in [1.29, 1.82) is 0 Å². The maximum Gasteiger partial charge on any atom is -0.0178 e. The third-order valence-corrected chi connectivity index (χ3v) is 3.44. The van der Waals surface area contributed by atoms with Gasteiger partial charge >= 0.3 is 0 Å². The number of hydrogen-bond acceptors (Lipinski definition) is 0. The van der Waals surface area contributed by atoms with Gasteiger partial charge in [0.1, 0.15) is 0 Å². The number of rotatable bonds is 0. The van der Waals surface area contributed by atoms with Gasteiger partial charge < -0.3 is 0 Å². The Morgan fingerprint density at radius 1 is 0.875 bits per heavy atom. The Morgan fingerprint density at radius 2 is 1.75 bits per heavy atom. The summed E-state index contributed by atoms with van der Waals surface area (Å²) in [7, 11) is 0. The van der Waals surface area contributed by atoms with E-state index in [1.807, 2.05) is 0 Å². The molecule has 0 heterocycles. The van der Waals surface area contributed by atoms with Gasteiger partial charge in [0.15, 0.2) is 0 Å². The van der Waals surface area contributed by atoms with E-state index in [4.69, 9.17) is 0 Å². The largest absolute Gasteiger partial charge is 0.0724 e. The Kier molecular flexibility index (Phi) is 2.10. The fourth-order valence-electron chi connectivity index (χ4n) is 2.50. The maximum atomic E-state index is 2.36. The molecule has 0 spiro atoms. The lowest BCUT2D eigenvalue weighted by Crippen LogP contribution is -1.97. The van der Waals surface area contributed by atoms with E-state index < -0.39 is 0 Å². The van der Waals surface area contributed by atoms with Gasteiger partial charge in [0.2, 0.25) is 0 Å². The molecule has 0 radical (unpaired) electrons. The number of aryl methyl sites for hydroxylation is 2. The molecule has 3 rings (SSSR count). The molecule has 0 nitrogen and oxygen atoms in total. The molecule has 0 amide bonds. The van der Waals surface area contributed by atoms with Crippen molar-refractivity contribution in [3.63, 3.8) is 0 Å². The molecule has 0 fully saturated rings. The summed E-state index contributed by atoms with van der Waals surface area (Å²) in [5.74, 6) is 0. The highest BCUT2D eigenvalue weighted by Gasteiger charge is 2.08. The van der Waals surface area contributed by atoms with Crippen LogP contribution in [0.25, 0.3) is 16.8 Å². The first-order valence-corrected chi connectivity index (χ1v) is 5.93. The molecule has 1 aliphatic carbocycles. The van der Waals surface area contributed by atoms with Gasteiger partial charge in [0.25, 0.3) is 0 Å². The first-order valence-electron chi connectivity index (χ1n) is 5.93. The lowest BCUT2D eigenvalue weighted by Gasteiger charge is -2.15. The number of hydrogen-bond donors (Lipinski definition) is 0. The standard InChI is InChI=1S/C16H16/c1-11-3-5-13-10-16-8-12(2)4-6-14(16)9-15(13)7-11/h3,5,7-10H,4,6H2,1-2H3. The molecule has 0 aromatic heterocycles. The summed E-state index contributed by atoms with van der Waals surface area (Å²) in [5.41, 5.74) is 5.76. The fraction of sp³-hybridized carbons (Fsp3) is 0.250. The van der Waals surface area contributed by atoms with Gasteiger partial charge in [-0.1, -0.05) is 41.5 Å². The van der Waals surface area contributed by atoms with E-state index in [0.29, 0.717) is 0 Å². The monoisotopic (exact) mass is 208 g/mol. The molecular formula is C16H16. The zero-order valence-electron chi connectivity index (χ0n) is 9.88. The molecule has 0 saturated carbocycles. The van der Waals surface area contributed by atoms with Crippen LogP contribution in [0, 0.1) is 6.92 Å². The summed E-state index contributed by atoms with van der Waals surface area (Å²) in [6.07, 6.45) is 4.74. The van der Waals surface area contributed by atoms with Crippen LogP contribution in [0.4, 0.5) is 0 Å². The van der Waals surface area contributed by atoms with Crippen LogP contribution in [-0.2, 0) is 6.42 Å². The second-order valence-corrected chi connectivity index (χ2v) is 4.89. The van der Waals surface area contributed by atoms with E-state index in [2.05, 4.69) is 50.3 Å². The summed E-state index contributed by atoms with van der Waals surface area (Å²) in [5, 5.41) is 2.74. The molecule has 1 aliphatic rings. The predicted octanol–water partition coefficient (Wildman–Crippen LogP) is 4.50. The van der Waals surface area contributed by atoms with Crippen molar-refractivity contribution in [1.82, 2.24) is 0 Å². The quantitative estimate of drug-likeness (QED) is 0.598. The summed E-state index contributed by atoms with van der Waals surface area (Å²) >= 11 is 0. The van der Waals surface area contributed by atoms with E-state index in [-0.39, 0.29) is 0 Å². The molecule has 0 atom stereocenters. The minimum absolute atomic E-state index is 1.20. The smallest absolute Gasteiger partial charge is 0.0178 e. The summed E-state index contributed by atoms with van der Waals surface area (Å²) in [6, 6.07) is 11.4. The summed E-state index contributed by atoms with van der Waals surface area (Å²) in [4.78, 5) is 0. The molecule has 0 N–H and O–H groups in total. The molecule has 2 aromatic carbocycles. The van der Waals surface area contributed by atoms with Crippen LogP contribution >= 0.6 is 0 Å². The third-order valence-electron chi connectivity index (χ3n) is 3.44. The second kappa shape index (κ2) is 3.48. The highest BCUT2D eigenvalue weighted by molar-refractivity contribution is 5.87. The molecule has 0 unspecified atom stereocenters. The van der Waals surface area contributed by atoms with Gasteiger partial charge in [-0.25, -0.2) is 0 Å². The van der Waals surface area contributed by atoms with Crippen LogP contribution in [0.5, 0.6) is 0 Å². The average molecular weight is 208 g/mol. The van der Waals surface area contributed by atoms with Crippen LogP contribution < -0.4 is 0 Å². The van der Waals surface area contributed by atoms with Crippen molar-refractivity contribution in [3.05, 3.63) is 52.6 Å². The fourth-order valence-corrected chi connectivity index (χ4v) is 2.50. The highest BCUT2D eigenvalue weighted by Crippen LogP contribution is 2.28. The van der Waals surface area contributed by atoms with E-state index in [1.165, 1.54) is 45.9 Å². The Hall–Kier alpha value is -1.56. The molecule has 0 heteroatoms. The van der Waals surface area contributed by atoms with Crippen LogP contribution in [0.15, 0.2) is 35.9 Å². The SMILES string of the molecule is CC1=Cc2cc3ccc(C)cc3cc2CC1. The average Bonchev–Trinajstić information content (AvgIpc) is 2.26. The van der Waals surface area contributed by atoms with Crippen LogP contribution in [0.1, 0.15) is 30.0 Å². The Balaban J connectivity index is 2.28. The molecule has 0 aliphatic heterocycles. The molecular weight excluding hydrogens is 192 g/mol. The van der Waals surface area contributed by atoms with Gasteiger partial charge in [-0.3, -0.25) is 0 Å². The molecule has 0 bridgehead atoms. The van der Waals surface area contributed by atoms with E-state index in [0.717, 1.165) is 0 Å². The maximum absolute atomic E-state index is 2.36. The summed E-state index contributed by atoms with van der Waals surface area (Å²) in [6.45, 7) is 4.38. The number of benzene rings is 2. The minimum atomic E-state index is 1.20. The van der Waals surface area contributed by atoms with Gasteiger partial charge in [0.05, 0.1) is 0 Å². The van der Waals surface area contributed by atoms with Crippen molar-refractivity contribution in [3.8, 4) is 0 Å². The number of allylic oxidation sites excluding steroid dienone is 1. The van der Waals surface area contributed by atoms with E-state index >= 15 is 0 Å². The van der Waals surface area contributed by atoms with Gasteiger partial charge in [0, 0.05) is 0 Å². The van der Waals surface area contributed by atoms with E-state index in [1.54, 1.807) is 0 Å². The van der Waals surface area contributed by atoms with Gasteiger partial charge in [-0.2, -0.15) is 0 Å². The Bertz CT molecular complexity index is 588. The molecule has 0 saturated heterocycles. The van der Waals surface area contributed by atoms with Crippen LogP contribution in [0.3, 0.4) is 0 Å². The summed E-state index contributed by atoms with van der Waals surface area (Å²) < 4.78 is 0. The molecule has 2 aromatic rings. The van der Waals surface area contributed by atoms with Crippen molar-refractivity contribution in [2.75, 3.05) is 0 Å². The highest BCUT2D eigenvalue weighted by atomic mass is 14.1. The molecule has 16 heavy (non-hydrogen) atoms. The van der Waals surface area contributed by atoms with Crippen molar-refractivity contribution < 1.29 is 0 Å². The van der Waals surface area contributed by atoms with E-state index in [9.17, 15) is 0 Å². The number of fused-ring (bicyclic) bond motifs is 2. The molecule has 80 valence electrons. The predicted molar refractivity (Wildman–Crippen MR) is 70.7 cm³/mol. The lowest BCUT2D eigenvalue weighted by atomic mass is 9.90. The first-order chi connectivity index (χ1) is 7.72. The first kappa shape index (κ1) is 9.65. The topological polar surface area (TPSA) is 0 Å². The van der Waals surface area contributed by atoms with Gasteiger partial charge in [-0.15, -0.1) is 0 Å². The zero-order chi connectivity index (χ0) is 11.1. The van der Waals surface area contributed by atoms with Gasteiger partial charge in [-0.05, 0) is 54.7 Å². The Morgan fingerprint density at radius 3 is 2.62 bits per heavy atom. The zero-order valence-corrected chi connectivity index (χ0v) is 9.88. The van der Waals surface area contributed by atoms with Crippen molar-refractivity contribution in [2.24, 2.45) is 0 Å². The Labute approximate surface area is 96.6 Å². The van der Waals surface area contributed by atoms with Crippen LogP contribution in [-0.4, -0.2) is 0 Å². The second-order valence-electron chi connectivity index (χ2n) is 4.89. The normalized spacial score (nSPS) is 14.8. The van der Waals surface area contributed by atoms with Crippen LogP contribution in [0.2, 0.25) is 0 Å². The lowest BCUT2D eigenvalue weighted by molar-refractivity contribution is 0.930. The third kappa shape index (κ3) is 1.55. The van der Waals surface area contributed by atoms with Crippen molar-refractivity contribution >= 4 is 16.8 Å². The minimum Gasteiger partial charge on any atom is -0.0724 e. The van der Waals surface area contributed by atoms with Crippen molar-refractivity contribution in [2.45, 2.75) is 26.7 Å².